The maximum Gasteiger partial charge on any atom is 0.338 e. The second-order valence-electron chi connectivity index (χ2n) is 9.44. The largest absolute Gasteiger partial charge is 0.462 e. The number of carbonyl (C=O) groups is 2. The van der Waals surface area contributed by atoms with Gasteiger partial charge in [0, 0.05) is 37.2 Å². The van der Waals surface area contributed by atoms with Gasteiger partial charge in [0.15, 0.2) is 0 Å². The highest BCUT2D eigenvalue weighted by Crippen LogP contribution is 2.37. The number of ether oxygens (including phenoxy) is 2. The first kappa shape index (κ1) is 23.8. The van der Waals surface area contributed by atoms with Crippen LogP contribution < -0.4 is 5.32 Å². The van der Waals surface area contributed by atoms with E-state index in [4.69, 9.17) is 26.2 Å². The van der Waals surface area contributed by atoms with Crippen LogP contribution >= 0.6 is 11.6 Å². The van der Waals surface area contributed by atoms with Gasteiger partial charge in [-0.1, -0.05) is 25.4 Å². The molecular weight excluding hydrogens is 442 g/mol. The topological polar surface area (TPSA) is 82.5 Å². The van der Waals surface area contributed by atoms with Crippen molar-refractivity contribution in [3.05, 3.63) is 51.3 Å². The number of rotatable bonds is 6. The quantitative estimate of drug-likeness (QED) is 0.641. The van der Waals surface area contributed by atoms with Crippen LogP contribution in [0.5, 0.6) is 0 Å². The molecule has 0 bridgehead atoms. The van der Waals surface area contributed by atoms with Crippen LogP contribution in [0.15, 0.2) is 18.2 Å². The fraction of sp³-hybridized carbons (Fsp3) is 0.560. The van der Waals surface area contributed by atoms with E-state index >= 15 is 0 Å². The second-order valence-corrected chi connectivity index (χ2v) is 9.85. The monoisotopic (exact) mass is 473 g/mol. The molecule has 0 radical (unpaired) electrons. The zero-order valence-corrected chi connectivity index (χ0v) is 20.3. The van der Waals surface area contributed by atoms with Gasteiger partial charge < -0.3 is 14.8 Å². The summed E-state index contributed by atoms with van der Waals surface area (Å²) in [5.41, 5.74) is 3.88. The molecule has 1 N–H and O–H groups in total. The molecule has 7 nitrogen and oxygen atoms in total. The summed E-state index contributed by atoms with van der Waals surface area (Å²) < 4.78 is 13.1. The highest BCUT2D eigenvalue weighted by atomic mass is 35.5. The Hall–Kier alpha value is -2.38. The van der Waals surface area contributed by atoms with Crippen LogP contribution in [-0.2, 0) is 28.9 Å². The SMILES string of the molecule is CCc1nn(C[C@@H](C)COC(=O)c2ccc(Cl)c(C)c2)c2c1C(=O)NCC1(CCOCC1)C2. The number of halogens is 1. The summed E-state index contributed by atoms with van der Waals surface area (Å²) in [6, 6.07) is 5.12. The van der Waals surface area contributed by atoms with E-state index in [1.165, 1.54) is 0 Å². The van der Waals surface area contributed by atoms with Crippen molar-refractivity contribution in [2.75, 3.05) is 26.4 Å². The molecular formula is C25H32ClN3O4. The Kier molecular flexibility index (Phi) is 7.10. The number of fused-ring (bicyclic) bond motifs is 1. The van der Waals surface area contributed by atoms with E-state index in [2.05, 4.69) is 5.32 Å². The predicted octanol–water partition coefficient (Wildman–Crippen LogP) is 3.98. The molecule has 2 aliphatic heterocycles. The molecule has 4 rings (SSSR count). The normalized spacial score (nSPS) is 18.4. The summed E-state index contributed by atoms with van der Waals surface area (Å²) in [6.07, 6.45) is 3.34. The fourth-order valence-corrected chi connectivity index (χ4v) is 4.86. The van der Waals surface area contributed by atoms with Gasteiger partial charge in [-0.2, -0.15) is 5.10 Å². The highest BCUT2D eigenvalue weighted by molar-refractivity contribution is 6.31. The number of aromatic nitrogens is 2. The molecule has 33 heavy (non-hydrogen) atoms. The van der Waals surface area contributed by atoms with E-state index in [1.807, 2.05) is 25.5 Å². The van der Waals surface area contributed by atoms with Crippen LogP contribution in [-0.4, -0.2) is 48.0 Å². The van der Waals surface area contributed by atoms with Gasteiger partial charge in [0.05, 0.1) is 29.1 Å². The predicted molar refractivity (Wildman–Crippen MR) is 126 cm³/mol. The van der Waals surface area contributed by atoms with Gasteiger partial charge >= 0.3 is 5.97 Å². The van der Waals surface area contributed by atoms with E-state index in [9.17, 15) is 9.59 Å². The average Bonchev–Trinajstić information content (AvgIpc) is 3.07. The lowest BCUT2D eigenvalue weighted by atomic mass is 9.76. The maximum atomic E-state index is 13.0. The number of hydrogen-bond donors (Lipinski definition) is 1. The standard InChI is InChI=1S/C25H32ClN3O4/c1-4-20-22-21(12-25(15-27-23(22)30)7-9-32-10-8-25)29(28-20)13-16(2)14-33-24(31)18-5-6-19(26)17(3)11-18/h5-6,11,16H,4,7-10,12-15H2,1-3H3,(H,27,30)/t16-/m1/s1. The van der Waals surface area contributed by atoms with Gasteiger partial charge in [-0.05, 0) is 61.8 Å². The molecule has 178 valence electrons. The Morgan fingerprint density at radius 1 is 1.36 bits per heavy atom. The average molecular weight is 474 g/mol. The summed E-state index contributed by atoms with van der Waals surface area (Å²) in [6.45, 7) is 8.86. The van der Waals surface area contributed by atoms with Gasteiger partial charge in [0.1, 0.15) is 0 Å². The van der Waals surface area contributed by atoms with Crippen LogP contribution in [0.3, 0.4) is 0 Å². The van der Waals surface area contributed by atoms with Crippen molar-refractivity contribution in [1.29, 1.82) is 0 Å². The molecule has 1 fully saturated rings. The van der Waals surface area contributed by atoms with E-state index in [-0.39, 0.29) is 29.8 Å². The summed E-state index contributed by atoms with van der Waals surface area (Å²) in [5.74, 6) is -0.364. The Bertz CT molecular complexity index is 1040. The van der Waals surface area contributed by atoms with Crippen molar-refractivity contribution in [3.63, 3.8) is 0 Å². The summed E-state index contributed by atoms with van der Waals surface area (Å²) in [5, 5.41) is 8.56. The van der Waals surface area contributed by atoms with E-state index < -0.39 is 0 Å². The molecule has 3 heterocycles. The fourth-order valence-electron chi connectivity index (χ4n) is 4.74. The zero-order valence-electron chi connectivity index (χ0n) is 19.6. The summed E-state index contributed by atoms with van der Waals surface area (Å²) >= 11 is 6.05. The molecule has 1 atom stereocenters. The zero-order chi connectivity index (χ0) is 23.6. The Morgan fingerprint density at radius 2 is 2.12 bits per heavy atom. The first-order valence-electron chi connectivity index (χ1n) is 11.7. The van der Waals surface area contributed by atoms with Crippen molar-refractivity contribution in [1.82, 2.24) is 15.1 Å². The third-order valence-corrected chi connectivity index (χ3v) is 7.21. The minimum atomic E-state index is -0.365. The van der Waals surface area contributed by atoms with Gasteiger partial charge in [0.2, 0.25) is 0 Å². The maximum absolute atomic E-state index is 13.0. The molecule has 1 aromatic carbocycles. The minimum Gasteiger partial charge on any atom is -0.462 e. The van der Waals surface area contributed by atoms with Crippen LogP contribution in [0.25, 0.3) is 0 Å². The number of benzene rings is 1. The lowest BCUT2D eigenvalue weighted by molar-refractivity contribution is 0.0151. The lowest BCUT2D eigenvalue weighted by Gasteiger charge is -2.36. The number of nitrogens with one attached hydrogen (secondary N) is 1. The molecule has 2 aliphatic rings. The number of nitrogens with zero attached hydrogens (tertiary/aromatic N) is 2. The number of esters is 1. The van der Waals surface area contributed by atoms with Gasteiger partial charge in [-0.25, -0.2) is 4.79 Å². The molecule has 8 heteroatoms. The molecule has 1 saturated heterocycles. The molecule has 2 aromatic rings. The Balaban J connectivity index is 1.49. The lowest BCUT2D eigenvalue weighted by Crippen LogP contribution is -2.41. The van der Waals surface area contributed by atoms with Gasteiger partial charge in [-0.3, -0.25) is 9.48 Å². The van der Waals surface area contributed by atoms with Crippen LogP contribution in [0.1, 0.15) is 64.4 Å². The second kappa shape index (κ2) is 9.85. The van der Waals surface area contributed by atoms with E-state index in [1.54, 1.807) is 18.2 Å². The van der Waals surface area contributed by atoms with Crippen molar-refractivity contribution in [2.24, 2.45) is 11.3 Å². The third kappa shape index (κ3) is 5.09. The third-order valence-electron chi connectivity index (χ3n) is 6.79. The molecule has 0 saturated carbocycles. The molecule has 0 unspecified atom stereocenters. The van der Waals surface area contributed by atoms with Gasteiger partial charge in [0.25, 0.3) is 5.91 Å². The van der Waals surface area contributed by atoms with Crippen LogP contribution in [0, 0.1) is 18.3 Å². The smallest absolute Gasteiger partial charge is 0.338 e. The molecule has 0 aliphatic carbocycles. The van der Waals surface area contributed by atoms with Crippen molar-refractivity contribution in [3.8, 4) is 0 Å². The minimum absolute atomic E-state index is 0.00407. The van der Waals surface area contributed by atoms with E-state index in [0.717, 1.165) is 55.0 Å². The molecule has 1 aromatic heterocycles. The Labute approximate surface area is 199 Å². The number of amides is 1. The van der Waals surface area contributed by atoms with E-state index in [0.29, 0.717) is 30.1 Å². The number of carbonyl (C=O) groups excluding carboxylic acids is 2. The summed E-state index contributed by atoms with van der Waals surface area (Å²) in [4.78, 5) is 25.4. The van der Waals surface area contributed by atoms with Crippen LogP contribution in [0.4, 0.5) is 0 Å². The van der Waals surface area contributed by atoms with Crippen molar-refractivity contribution < 1.29 is 19.1 Å². The highest BCUT2D eigenvalue weighted by Gasteiger charge is 2.39. The van der Waals surface area contributed by atoms with Gasteiger partial charge in [-0.15, -0.1) is 0 Å². The number of hydrogen-bond acceptors (Lipinski definition) is 5. The first-order valence-corrected chi connectivity index (χ1v) is 12.1. The summed E-state index contributed by atoms with van der Waals surface area (Å²) in [7, 11) is 0. The number of aryl methyl sites for hydroxylation is 2. The van der Waals surface area contributed by atoms with Crippen LogP contribution in [0.2, 0.25) is 5.02 Å². The van der Waals surface area contributed by atoms with Crippen molar-refractivity contribution >= 4 is 23.5 Å². The van der Waals surface area contributed by atoms with Crippen molar-refractivity contribution in [2.45, 2.75) is 53.0 Å². The molecule has 1 amide bonds. The first-order chi connectivity index (χ1) is 15.8. The Morgan fingerprint density at radius 3 is 2.82 bits per heavy atom. The molecule has 1 spiro atoms.